The Kier molecular flexibility index (Phi) is 3.66. The molecule has 0 spiro atoms. The van der Waals surface area contributed by atoms with Gasteiger partial charge in [0.25, 0.3) is 0 Å². The van der Waals surface area contributed by atoms with Crippen LogP contribution in [-0.2, 0) is 0 Å². The molecule has 1 aliphatic rings. The van der Waals surface area contributed by atoms with Gasteiger partial charge < -0.3 is 4.90 Å². The summed E-state index contributed by atoms with van der Waals surface area (Å²) in [5, 5.41) is 7.73. The molecule has 0 radical (unpaired) electrons. The predicted octanol–water partition coefficient (Wildman–Crippen LogP) is 3.32. The van der Waals surface area contributed by atoms with Crippen LogP contribution in [0.4, 0.5) is 10.6 Å². The summed E-state index contributed by atoms with van der Waals surface area (Å²) in [6.45, 7) is 3.32. The smallest absolute Gasteiger partial charge is 0.317 e. The molecule has 0 saturated heterocycles. The van der Waals surface area contributed by atoms with Crippen molar-refractivity contribution in [3.63, 3.8) is 0 Å². The average Bonchev–Trinajstić information content (AvgIpc) is 3.08. The first-order chi connectivity index (χ1) is 10.1. The molecule has 2 amide bonds. The number of halogens is 1. The van der Waals surface area contributed by atoms with Crippen LogP contribution in [-0.4, -0.2) is 33.8 Å². The molecule has 5 nitrogen and oxygen atoms in total. The van der Waals surface area contributed by atoms with Crippen molar-refractivity contribution in [2.24, 2.45) is 0 Å². The Morgan fingerprint density at radius 2 is 2.14 bits per heavy atom. The van der Waals surface area contributed by atoms with Crippen LogP contribution in [0.25, 0.3) is 5.69 Å². The van der Waals surface area contributed by atoms with Gasteiger partial charge in [-0.25, -0.2) is 9.48 Å². The van der Waals surface area contributed by atoms with E-state index in [2.05, 4.69) is 10.4 Å². The van der Waals surface area contributed by atoms with Crippen LogP contribution in [0.5, 0.6) is 0 Å². The number of hydrogen-bond donors (Lipinski definition) is 1. The molecule has 1 aromatic heterocycles. The molecule has 0 bridgehead atoms. The fourth-order valence-electron chi connectivity index (χ4n) is 2.20. The van der Waals surface area contributed by atoms with E-state index in [0.29, 0.717) is 23.9 Å². The lowest BCUT2D eigenvalue weighted by atomic mass is 10.3. The minimum Gasteiger partial charge on any atom is -0.317 e. The van der Waals surface area contributed by atoms with Gasteiger partial charge in [-0.15, -0.1) is 5.10 Å². The number of carbonyl (C=O) groups is 1. The lowest BCUT2D eigenvalue weighted by molar-refractivity contribution is 0.223. The van der Waals surface area contributed by atoms with Crippen LogP contribution in [0, 0.1) is 0 Å². The van der Waals surface area contributed by atoms with Crippen molar-refractivity contribution in [1.29, 1.82) is 0 Å². The van der Waals surface area contributed by atoms with Gasteiger partial charge in [0.05, 0.1) is 10.7 Å². The van der Waals surface area contributed by atoms with E-state index in [1.807, 2.05) is 31.2 Å². The Labute approximate surface area is 127 Å². The molecule has 0 atom stereocenters. The van der Waals surface area contributed by atoms with E-state index in [4.69, 9.17) is 11.6 Å². The zero-order valence-electron chi connectivity index (χ0n) is 11.6. The van der Waals surface area contributed by atoms with Gasteiger partial charge in [0.15, 0.2) is 5.82 Å². The monoisotopic (exact) mass is 302 g/mol. The SMILES string of the molecule is CC1=CCN(C(=O)Nc2ccn(-c3ccccc3Cl)n2)C1. The number of aromatic nitrogens is 2. The number of rotatable bonds is 2. The van der Waals surface area contributed by atoms with E-state index < -0.39 is 0 Å². The summed E-state index contributed by atoms with van der Waals surface area (Å²) in [4.78, 5) is 13.8. The third-order valence-corrected chi connectivity index (χ3v) is 3.63. The van der Waals surface area contributed by atoms with Crippen molar-refractivity contribution in [1.82, 2.24) is 14.7 Å². The molecule has 3 rings (SSSR count). The summed E-state index contributed by atoms with van der Waals surface area (Å²) in [5.74, 6) is 0.504. The second-order valence-corrected chi connectivity index (χ2v) is 5.37. The molecule has 1 N–H and O–H groups in total. The van der Waals surface area contributed by atoms with E-state index in [0.717, 1.165) is 5.69 Å². The third-order valence-electron chi connectivity index (χ3n) is 3.31. The number of nitrogens with one attached hydrogen (secondary N) is 1. The summed E-state index contributed by atoms with van der Waals surface area (Å²) in [7, 11) is 0. The average molecular weight is 303 g/mol. The van der Waals surface area contributed by atoms with E-state index >= 15 is 0 Å². The molecule has 0 fully saturated rings. The van der Waals surface area contributed by atoms with E-state index in [-0.39, 0.29) is 6.03 Å². The molecule has 0 saturated carbocycles. The Morgan fingerprint density at radius 1 is 1.33 bits per heavy atom. The van der Waals surface area contributed by atoms with Crippen molar-refractivity contribution >= 4 is 23.4 Å². The zero-order valence-corrected chi connectivity index (χ0v) is 12.3. The number of nitrogens with zero attached hydrogens (tertiary/aromatic N) is 3. The van der Waals surface area contributed by atoms with Crippen LogP contribution in [0.1, 0.15) is 6.92 Å². The van der Waals surface area contributed by atoms with Crippen LogP contribution in [0.15, 0.2) is 48.2 Å². The minimum absolute atomic E-state index is 0.146. The van der Waals surface area contributed by atoms with Crippen LogP contribution in [0.2, 0.25) is 5.02 Å². The molecule has 1 aromatic carbocycles. The third kappa shape index (κ3) is 2.92. The summed E-state index contributed by atoms with van der Waals surface area (Å²) in [6, 6.07) is 9.02. The Balaban J connectivity index is 1.71. The highest BCUT2D eigenvalue weighted by molar-refractivity contribution is 6.32. The number of para-hydroxylation sites is 1. The standard InChI is InChI=1S/C15H15ClN4O/c1-11-6-8-19(10-11)15(21)17-14-7-9-20(18-14)13-5-3-2-4-12(13)16/h2-7,9H,8,10H2,1H3,(H,17,18,21). The highest BCUT2D eigenvalue weighted by atomic mass is 35.5. The lowest BCUT2D eigenvalue weighted by Gasteiger charge is -2.15. The molecule has 21 heavy (non-hydrogen) atoms. The Bertz CT molecular complexity index is 707. The van der Waals surface area contributed by atoms with Gasteiger partial charge in [-0.1, -0.05) is 35.4 Å². The topological polar surface area (TPSA) is 50.2 Å². The van der Waals surface area contributed by atoms with E-state index in [1.165, 1.54) is 5.57 Å². The number of carbonyl (C=O) groups excluding carboxylic acids is 1. The zero-order chi connectivity index (χ0) is 14.8. The second-order valence-electron chi connectivity index (χ2n) is 4.96. The number of anilines is 1. The van der Waals surface area contributed by atoms with Gasteiger partial charge in [-0.3, -0.25) is 5.32 Å². The van der Waals surface area contributed by atoms with Gasteiger partial charge in [-0.2, -0.15) is 0 Å². The van der Waals surface area contributed by atoms with E-state index in [1.54, 1.807) is 27.9 Å². The van der Waals surface area contributed by atoms with Gasteiger partial charge >= 0.3 is 6.03 Å². The normalized spacial score (nSPS) is 14.2. The van der Waals surface area contributed by atoms with Gasteiger partial charge in [0.1, 0.15) is 0 Å². The van der Waals surface area contributed by atoms with Gasteiger partial charge in [0, 0.05) is 25.4 Å². The van der Waals surface area contributed by atoms with Crippen LogP contribution < -0.4 is 5.32 Å². The first kappa shape index (κ1) is 13.7. The molecular weight excluding hydrogens is 288 g/mol. The predicted molar refractivity (Wildman–Crippen MR) is 82.9 cm³/mol. The maximum atomic E-state index is 12.1. The molecule has 2 aromatic rings. The van der Waals surface area contributed by atoms with Crippen LogP contribution >= 0.6 is 11.6 Å². The largest absolute Gasteiger partial charge is 0.323 e. The summed E-state index contributed by atoms with van der Waals surface area (Å²) in [5.41, 5.74) is 1.98. The van der Waals surface area contributed by atoms with Crippen molar-refractivity contribution in [2.45, 2.75) is 6.92 Å². The molecule has 0 unspecified atom stereocenters. The van der Waals surface area contributed by atoms with Crippen molar-refractivity contribution < 1.29 is 4.79 Å². The number of amides is 2. The highest BCUT2D eigenvalue weighted by Gasteiger charge is 2.18. The number of urea groups is 1. The fourth-order valence-corrected chi connectivity index (χ4v) is 2.42. The summed E-state index contributed by atoms with van der Waals surface area (Å²) >= 11 is 6.13. The maximum Gasteiger partial charge on any atom is 0.323 e. The van der Waals surface area contributed by atoms with Crippen molar-refractivity contribution in [3.05, 3.63) is 53.2 Å². The van der Waals surface area contributed by atoms with Crippen molar-refractivity contribution in [3.8, 4) is 5.69 Å². The van der Waals surface area contributed by atoms with Crippen molar-refractivity contribution in [2.75, 3.05) is 18.4 Å². The fraction of sp³-hybridized carbons (Fsp3) is 0.200. The molecule has 108 valence electrons. The molecule has 0 aliphatic carbocycles. The molecule has 1 aliphatic heterocycles. The quantitative estimate of drug-likeness (QED) is 0.865. The molecule has 2 heterocycles. The first-order valence-corrected chi connectivity index (χ1v) is 7.03. The minimum atomic E-state index is -0.146. The summed E-state index contributed by atoms with van der Waals surface area (Å²) in [6.07, 6.45) is 3.81. The number of hydrogen-bond acceptors (Lipinski definition) is 2. The molecule has 6 heteroatoms. The van der Waals surface area contributed by atoms with Gasteiger partial charge in [-0.05, 0) is 19.1 Å². The van der Waals surface area contributed by atoms with Gasteiger partial charge in [0.2, 0.25) is 0 Å². The second kappa shape index (κ2) is 5.61. The maximum absolute atomic E-state index is 12.1. The lowest BCUT2D eigenvalue weighted by Crippen LogP contribution is -2.33. The number of benzene rings is 1. The van der Waals surface area contributed by atoms with E-state index in [9.17, 15) is 4.79 Å². The highest BCUT2D eigenvalue weighted by Crippen LogP contribution is 2.20. The first-order valence-electron chi connectivity index (χ1n) is 6.65. The Hall–Kier alpha value is -2.27. The molecular formula is C15H15ClN4O. The van der Waals surface area contributed by atoms with Crippen LogP contribution in [0.3, 0.4) is 0 Å². The summed E-state index contributed by atoms with van der Waals surface area (Å²) < 4.78 is 1.64. The Morgan fingerprint density at radius 3 is 2.86 bits per heavy atom.